The van der Waals surface area contributed by atoms with E-state index in [2.05, 4.69) is 5.20 Å². The van der Waals surface area contributed by atoms with E-state index in [1.807, 2.05) is 60.7 Å². The second kappa shape index (κ2) is 4.89. The predicted octanol–water partition coefficient (Wildman–Crippen LogP) is 1.50. The van der Waals surface area contributed by atoms with Gasteiger partial charge < -0.3 is 0 Å². The SMILES string of the molecule is NNP(=S)(c1ccccc1)c1ccccc1. The highest BCUT2D eigenvalue weighted by atomic mass is 32.4. The molecule has 0 aliphatic carbocycles. The van der Waals surface area contributed by atoms with Gasteiger partial charge in [0.2, 0.25) is 0 Å². The average Bonchev–Trinajstić information content (AvgIpc) is 2.40. The van der Waals surface area contributed by atoms with Crippen LogP contribution in [-0.4, -0.2) is 0 Å². The van der Waals surface area contributed by atoms with E-state index < -0.39 is 6.19 Å². The van der Waals surface area contributed by atoms with Crippen molar-refractivity contribution in [3.8, 4) is 0 Å². The summed E-state index contributed by atoms with van der Waals surface area (Å²) in [6, 6.07) is 20.0. The molecule has 0 fully saturated rings. The number of nitrogens with one attached hydrogen (secondary N) is 1. The van der Waals surface area contributed by atoms with Crippen LogP contribution in [0.3, 0.4) is 0 Å². The standard InChI is InChI=1S/C12H13N2PS/c13-14-15(16,11-7-3-1-4-8-11)12-9-5-2-6-10-12/h1-10H,13H2,(H,14,16). The van der Waals surface area contributed by atoms with E-state index in [-0.39, 0.29) is 0 Å². The van der Waals surface area contributed by atoms with Crippen LogP contribution in [0.5, 0.6) is 0 Å². The van der Waals surface area contributed by atoms with Crippen molar-refractivity contribution in [2.24, 2.45) is 5.84 Å². The summed E-state index contributed by atoms with van der Waals surface area (Å²) in [4.78, 5) is 0. The number of benzene rings is 2. The van der Waals surface area contributed by atoms with Crippen LogP contribution in [0.4, 0.5) is 0 Å². The summed E-state index contributed by atoms with van der Waals surface area (Å²) in [5.74, 6) is 5.67. The Labute approximate surface area is 101 Å². The summed E-state index contributed by atoms with van der Waals surface area (Å²) in [6.45, 7) is 0. The zero-order valence-electron chi connectivity index (χ0n) is 8.71. The van der Waals surface area contributed by atoms with Crippen LogP contribution in [0.2, 0.25) is 0 Å². The van der Waals surface area contributed by atoms with Gasteiger partial charge in [0.05, 0.1) is 6.19 Å². The molecule has 0 aliphatic rings. The van der Waals surface area contributed by atoms with E-state index in [4.69, 9.17) is 17.6 Å². The molecular formula is C12H13N2PS. The third-order valence-electron chi connectivity index (χ3n) is 2.42. The fraction of sp³-hybridized carbons (Fsp3) is 0. The Hall–Kier alpha value is -0.990. The van der Waals surface area contributed by atoms with Crippen molar-refractivity contribution in [3.63, 3.8) is 0 Å². The lowest BCUT2D eigenvalue weighted by atomic mass is 10.4. The van der Waals surface area contributed by atoms with Crippen molar-refractivity contribution >= 4 is 28.6 Å². The van der Waals surface area contributed by atoms with Gasteiger partial charge in [0, 0.05) is 10.6 Å². The predicted molar refractivity (Wildman–Crippen MR) is 73.8 cm³/mol. The van der Waals surface area contributed by atoms with Gasteiger partial charge in [-0.1, -0.05) is 72.5 Å². The highest BCUT2D eigenvalue weighted by molar-refractivity contribution is 8.20. The molecule has 0 spiro atoms. The number of nitrogens with two attached hydrogens (primary N) is 1. The molecule has 82 valence electrons. The van der Waals surface area contributed by atoms with Gasteiger partial charge in [-0.05, 0) is 0 Å². The molecule has 16 heavy (non-hydrogen) atoms. The molecule has 2 aromatic rings. The van der Waals surface area contributed by atoms with Gasteiger partial charge in [-0.15, -0.1) is 0 Å². The molecule has 2 nitrogen and oxygen atoms in total. The maximum atomic E-state index is 5.71. The first kappa shape index (κ1) is 11.5. The Bertz CT molecular complexity index is 455. The van der Waals surface area contributed by atoms with Crippen LogP contribution < -0.4 is 21.6 Å². The van der Waals surface area contributed by atoms with Crippen molar-refractivity contribution in [3.05, 3.63) is 60.7 Å². The first-order valence-electron chi connectivity index (χ1n) is 4.96. The number of hydrogen-bond acceptors (Lipinski definition) is 2. The Morgan fingerprint density at radius 1 is 0.812 bits per heavy atom. The molecule has 0 atom stereocenters. The van der Waals surface area contributed by atoms with Crippen molar-refractivity contribution in [1.29, 1.82) is 0 Å². The first-order valence-corrected chi connectivity index (χ1v) is 7.77. The topological polar surface area (TPSA) is 38.0 Å². The van der Waals surface area contributed by atoms with Crippen molar-refractivity contribution in [2.45, 2.75) is 0 Å². The fourth-order valence-electron chi connectivity index (χ4n) is 1.57. The van der Waals surface area contributed by atoms with E-state index in [1.165, 1.54) is 0 Å². The molecule has 4 heteroatoms. The van der Waals surface area contributed by atoms with E-state index in [0.29, 0.717) is 0 Å². The van der Waals surface area contributed by atoms with E-state index in [1.54, 1.807) is 0 Å². The van der Waals surface area contributed by atoms with Gasteiger partial charge in [-0.25, -0.2) is 5.20 Å². The number of rotatable bonds is 3. The molecule has 3 N–H and O–H groups in total. The summed E-state index contributed by atoms with van der Waals surface area (Å²) in [5, 5.41) is 5.00. The minimum absolute atomic E-state index is 1.08. The smallest absolute Gasteiger partial charge is 0.0810 e. The van der Waals surface area contributed by atoms with Gasteiger partial charge in [0.1, 0.15) is 0 Å². The summed E-state index contributed by atoms with van der Waals surface area (Å²) < 4.78 is 0. The third kappa shape index (κ3) is 2.08. The monoisotopic (exact) mass is 248 g/mol. The number of hydrazine groups is 1. The summed E-state index contributed by atoms with van der Waals surface area (Å²) in [5.41, 5.74) is 0. The molecule has 2 aromatic carbocycles. The molecular weight excluding hydrogens is 235 g/mol. The normalized spacial score (nSPS) is 11.3. The van der Waals surface area contributed by atoms with E-state index in [0.717, 1.165) is 10.6 Å². The van der Waals surface area contributed by atoms with Crippen LogP contribution in [0.25, 0.3) is 0 Å². The molecule has 0 amide bonds. The van der Waals surface area contributed by atoms with Crippen LogP contribution in [0, 0.1) is 0 Å². The maximum absolute atomic E-state index is 5.71. The van der Waals surface area contributed by atoms with Crippen molar-refractivity contribution in [2.75, 3.05) is 0 Å². The molecule has 0 heterocycles. The van der Waals surface area contributed by atoms with Gasteiger partial charge in [0.15, 0.2) is 0 Å². The summed E-state index contributed by atoms with van der Waals surface area (Å²) in [7, 11) is 0. The molecule has 0 saturated carbocycles. The van der Waals surface area contributed by atoms with Crippen molar-refractivity contribution in [1.82, 2.24) is 5.20 Å². The highest BCUT2D eigenvalue weighted by Gasteiger charge is 2.19. The molecule has 0 radical (unpaired) electrons. The maximum Gasteiger partial charge on any atom is 0.0810 e. The van der Waals surface area contributed by atoms with Crippen LogP contribution in [-0.2, 0) is 11.8 Å². The zero-order valence-corrected chi connectivity index (χ0v) is 10.4. The molecule has 0 aromatic heterocycles. The Morgan fingerprint density at radius 3 is 1.50 bits per heavy atom. The number of hydrogen-bond donors (Lipinski definition) is 2. The lowest BCUT2D eigenvalue weighted by Crippen LogP contribution is -2.31. The van der Waals surface area contributed by atoms with Crippen LogP contribution >= 0.6 is 6.19 Å². The Morgan fingerprint density at radius 2 is 1.19 bits per heavy atom. The lowest BCUT2D eigenvalue weighted by molar-refractivity contribution is 1.10. The minimum Gasteiger partial charge on any atom is -0.267 e. The van der Waals surface area contributed by atoms with Crippen LogP contribution in [0.15, 0.2) is 60.7 Å². The molecule has 2 rings (SSSR count). The first-order chi connectivity index (χ1) is 7.77. The minimum atomic E-state index is -2.04. The van der Waals surface area contributed by atoms with Gasteiger partial charge in [-0.2, -0.15) is 0 Å². The Balaban J connectivity index is 2.54. The van der Waals surface area contributed by atoms with E-state index in [9.17, 15) is 0 Å². The Kier molecular flexibility index (Phi) is 3.52. The highest BCUT2D eigenvalue weighted by Crippen LogP contribution is 2.37. The summed E-state index contributed by atoms with van der Waals surface area (Å²) >= 11 is 5.71. The van der Waals surface area contributed by atoms with Gasteiger partial charge in [0.25, 0.3) is 0 Å². The quantitative estimate of drug-likeness (QED) is 0.491. The molecule has 0 aliphatic heterocycles. The van der Waals surface area contributed by atoms with Gasteiger partial charge in [-0.3, -0.25) is 5.84 Å². The largest absolute Gasteiger partial charge is 0.267 e. The zero-order chi connectivity index (χ0) is 11.4. The second-order valence-corrected chi connectivity index (χ2v) is 7.56. The fourth-order valence-corrected chi connectivity index (χ4v) is 4.08. The van der Waals surface area contributed by atoms with Gasteiger partial charge >= 0.3 is 0 Å². The lowest BCUT2D eigenvalue weighted by Gasteiger charge is -2.21. The molecule has 0 bridgehead atoms. The average molecular weight is 248 g/mol. The van der Waals surface area contributed by atoms with E-state index >= 15 is 0 Å². The van der Waals surface area contributed by atoms with Crippen LogP contribution in [0.1, 0.15) is 0 Å². The molecule has 0 saturated heterocycles. The second-order valence-electron chi connectivity index (χ2n) is 3.41. The molecule has 0 unspecified atom stereocenters. The third-order valence-corrected chi connectivity index (χ3v) is 6.42. The van der Waals surface area contributed by atoms with Crippen molar-refractivity contribution < 1.29 is 0 Å². The summed E-state index contributed by atoms with van der Waals surface area (Å²) in [6.07, 6.45) is -2.04.